The van der Waals surface area contributed by atoms with Gasteiger partial charge in [-0.1, -0.05) is 24.6 Å². The summed E-state index contributed by atoms with van der Waals surface area (Å²) in [5.41, 5.74) is 2.00. The van der Waals surface area contributed by atoms with Gasteiger partial charge in [-0.25, -0.2) is 4.68 Å². The Bertz CT molecular complexity index is 767. The normalized spacial score (nSPS) is 15.5. The third kappa shape index (κ3) is 4.02. The highest BCUT2D eigenvalue weighted by molar-refractivity contribution is 5.92. The van der Waals surface area contributed by atoms with E-state index in [-0.39, 0.29) is 11.5 Å². The summed E-state index contributed by atoms with van der Waals surface area (Å²) < 4.78 is 1.42. The van der Waals surface area contributed by atoms with Crippen LogP contribution in [0.2, 0.25) is 0 Å². The summed E-state index contributed by atoms with van der Waals surface area (Å²) in [4.78, 5) is 26.8. The fraction of sp³-hybridized carbons (Fsp3) is 0.474. The molecule has 1 amide bonds. The Kier molecular flexibility index (Phi) is 5.38. The summed E-state index contributed by atoms with van der Waals surface area (Å²) in [7, 11) is 0. The smallest absolute Gasteiger partial charge is 0.271 e. The van der Waals surface area contributed by atoms with E-state index in [1.54, 1.807) is 0 Å². The van der Waals surface area contributed by atoms with Gasteiger partial charge in [0, 0.05) is 19.2 Å². The van der Waals surface area contributed by atoms with Crippen LogP contribution in [0, 0.1) is 12.8 Å². The minimum Gasteiger partial charge on any atom is -0.337 e. The van der Waals surface area contributed by atoms with Crippen molar-refractivity contribution in [1.29, 1.82) is 0 Å². The molecule has 0 spiro atoms. The van der Waals surface area contributed by atoms with Crippen molar-refractivity contribution in [3.05, 3.63) is 51.9 Å². The second kappa shape index (κ2) is 7.70. The molecule has 0 aliphatic carbocycles. The highest BCUT2D eigenvalue weighted by atomic mass is 16.2. The highest BCUT2D eigenvalue weighted by Crippen LogP contribution is 2.18. The van der Waals surface area contributed by atoms with E-state index in [9.17, 15) is 9.59 Å². The number of hydrogen-bond acceptors (Lipinski definition) is 3. The third-order valence-electron chi connectivity index (χ3n) is 4.83. The van der Waals surface area contributed by atoms with Gasteiger partial charge < -0.3 is 10.2 Å². The molecule has 134 valence electrons. The Hall–Kier alpha value is -2.34. The van der Waals surface area contributed by atoms with Crippen molar-refractivity contribution in [3.63, 3.8) is 0 Å². The number of carbonyl (C=O) groups is 1. The summed E-state index contributed by atoms with van der Waals surface area (Å²) in [6, 6.07) is 9.02. The maximum absolute atomic E-state index is 12.7. The number of H-pyrrole nitrogens is 1. The molecule has 0 bridgehead atoms. The number of amides is 1. The topological polar surface area (TPSA) is 70.1 Å². The molecule has 6 nitrogen and oxygen atoms in total. The number of aromatic amines is 1. The molecule has 0 unspecified atom stereocenters. The first-order chi connectivity index (χ1) is 12.1. The van der Waals surface area contributed by atoms with Gasteiger partial charge in [-0.3, -0.25) is 14.7 Å². The minimum atomic E-state index is -0.214. The SMILES string of the molecule is CCNCC1CCN(C(=O)c2cc(=O)n(-c3ccc(C)cc3)[nH]2)CC1. The van der Waals surface area contributed by atoms with Crippen molar-refractivity contribution in [1.82, 2.24) is 20.0 Å². The van der Waals surface area contributed by atoms with Crippen molar-refractivity contribution in [3.8, 4) is 5.69 Å². The van der Waals surface area contributed by atoms with Crippen molar-refractivity contribution in [2.75, 3.05) is 26.2 Å². The van der Waals surface area contributed by atoms with Gasteiger partial charge in [-0.05, 0) is 50.9 Å². The van der Waals surface area contributed by atoms with E-state index in [0.29, 0.717) is 11.6 Å². The van der Waals surface area contributed by atoms with Crippen LogP contribution < -0.4 is 10.9 Å². The average molecular weight is 342 g/mol. The Morgan fingerprint density at radius 3 is 2.56 bits per heavy atom. The van der Waals surface area contributed by atoms with Crippen LogP contribution in [0.3, 0.4) is 0 Å². The highest BCUT2D eigenvalue weighted by Gasteiger charge is 2.25. The third-order valence-corrected chi connectivity index (χ3v) is 4.83. The summed E-state index contributed by atoms with van der Waals surface area (Å²) in [6.45, 7) is 7.58. The molecule has 1 aliphatic rings. The van der Waals surface area contributed by atoms with Crippen LogP contribution in [-0.2, 0) is 0 Å². The van der Waals surface area contributed by atoms with Gasteiger partial charge in [0.1, 0.15) is 5.69 Å². The number of benzene rings is 1. The number of likely N-dealkylation sites (tertiary alicyclic amines) is 1. The van der Waals surface area contributed by atoms with Crippen molar-refractivity contribution < 1.29 is 4.79 Å². The zero-order chi connectivity index (χ0) is 17.8. The van der Waals surface area contributed by atoms with Crippen molar-refractivity contribution >= 4 is 5.91 Å². The number of carbonyl (C=O) groups excluding carboxylic acids is 1. The molecule has 2 aromatic rings. The Labute approximate surface area is 147 Å². The molecule has 1 saturated heterocycles. The first-order valence-electron chi connectivity index (χ1n) is 8.97. The number of nitrogens with zero attached hydrogens (tertiary/aromatic N) is 2. The summed E-state index contributed by atoms with van der Waals surface area (Å²) in [5, 5.41) is 6.33. The molecule has 2 heterocycles. The van der Waals surface area contributed by atoms with Gasteiger partial charge in [0.25, 0.3) is 11.5 Å². The standard InChI is InChI=1S/C19H26N4O2/c1-3-20-13-15-8-10-22(11-9-15)19(25)17-12-18(24)23(21-17)16-6-4-14(2)5-7-16/h4-7,12,15,20-21H,3,8-11,13H2,1-2H3. The minimum absolute atomic E-state index is 0.0927. The molecule has 6 heteroatoms. The maximum Gasteiger partial charge on any atom is 0.271 e. The average Bonchev–Trinajstić information content (AvgIpc) is 3.02. The number of rotatable bonds is 5. The van der Waals surface area contributed by atoms with E-state index in [1.165, 1.54) is 10.7 Å². The van der Waals surface area contributed by atoms with Crippen molar-refractivity contribution in [2.45, 2.75) is 26.7 Å². The van der Waals surface area contributed by atoms with Crippen LogP contribution in [-0.4, -0.2) is 46.8 Å². The molecule has 1 aromatic heterocycles. The molecule has 0 saturated carbocycles. The molecular weight excluding hydrogens is 316 g/mol. The maximum atomic E-state index is 12.7. The molecule has 0 radical (unpaired) electrons. The molecule has 1 aliphatic heterocycles. The van der Waals surface area contributed by atoms with Crippen LogP contribution in [0.5, 0.6) is 0 Å². The quantitative estimate of drug-likeness (QED) is 0.872. The number of hydrogen-bond donors (Lipinski definition) is 2. The van der Waals surface area contributed by atoms with Crippen LogP contribution >= 0.6 is 0 Å². The zero-order valence-electron chi connectivity index (χ0n) is 14.9. The molecule has 25 heavy (non-hydrogen) atoms. The molecule has 1 fully saturated rings. The lowest BCUT2D eigenvalue weighted by Crippen LogP contribution is -2.41. The van der Waals surface area contributed by atoms with Crippen LogP contribution in [0.25, 0.3) is 5.69 Å². The predicted molar refractivity (Wildman–Crippen MR) is 98.3 cm³/mol. The summed E-state index contributed by atoms with van der Waals surface area (Å²) >= 11 is 0. The van der Waals surface area contributed by atoms with Crippen LogP contribution in [0.15, 0.2) is 35.1 Å². The van der Waals surface area contributed by atoms with Crippen molar-refractivity contribution in [2.24, 2.45) is 5.92 Å². The molecular formula is C19H26N4O2. The van der Waals surface area contributed by atoms with Crippen LogP contribution in [0.1, 0.15) is 35.8 Å². The van der Waals surface area contributed by atoms with Gasteiger partial charge in [-0.15, -0.1) is 0 Å². The fourth-order valence-corrected chi connectivity index (χ4v) is 3.25. The number of piperidine rings is 1. The van der Waals surface area contributed by atoms with E-state index in [2.05, 4.69) is 17.3 Å². The summed E-state index contributed by atoms with van der Waals surface area (Å²) in [6.07, 6.45) is 2.00. The first kappa shape index (κ1) is 17.5. The Morgan fingerprint density at radius 2 is 1.92 bits per heavy atom. The first-order valence-corrected chi connectivity index (χ1v) is 8.97. The lowest BCUT2D eigenvalue weighted by Gasteiger charge is -2.31. The predicted octanol–water partition coefficient (Wildman–Crippen LogP) is 1.94. The van der Waals surface area contributed by atoms with Gasteiger partial charge in [0.15, 0.2) is 0 Å². The van der Waals surface area contributed by atoms with Gasteiger partial charge in [0.05, 0.1) is 5.69 Å². The number of nitrogens with one attached hydrogen (secondary N) is 2. The van der Waals surface area contributed by atoms with E-state index in [0.717, 1.165) is 50.3 Å². The lowest BCUT2D eigenvalue weighted by molar-refractivity contribution is 0.0684. The van der Waals surface area contributed by atoms with Gasteiger partial charge in [-0.2, -0.15) is 0 Å². The second-order valence-electron chi connectivity index (χ2n) is 6.72. The molecule has 2 N–H and O–H groups in total. The number of aryl methyl sites for hydroxylation is 1. The second-order valence-corrected chi connectivity index (χ2v) is 6.72. The molecule has 1 aromatic carbocycles. The van der Waals surface area contributed by atoms with E-state index >= 15 is 0 Å². The fourth-order valence-electron chi connectivity index (χ4n) is 3.25. The Balaban J connectivity index is 1.68. The van der Waals surface area contributed by atoms with Crippen LogP contribution in [0.4, 0.5) is 0 Å². The van der Waals surface area contributed by atoms with E-state index < -0.39 is 0 Å². The number of aromatic nitrogens is 2. The van der Waals surface area contributed by atoms with E-state index in [1.807, 2.05) is 36.1 Å². The zero-order valence-corrected chi connectivity index (χ0v) is 14.9. The Morgan fingerprint density at radius 1 is 1.24 bits per heavy atom. The lowest BCUT2D eigenvalue weighted by atomic mass is 9.96. The monoisotopic (exact) mass is 342 g/mol. The molecule has 3 rings (SSSR count). The summed E-state index contributed by atoms with van der Waals surface area (Å²) in [5.74, 6) is 0.532. The molecule has 0 atom stereocenters. The van der Waals surface area contributed by atoms with E-state index in [4.69, 9.17) is 0 Å². The van der Waals surface area contributed by atoms with Gasteiger partial charge >= 0.3 is 0 Å². The largest absolute Gasteiger partial charge is 0.337 e. The van der Waals surface area contributed by atoms with Gasteiger partial charge in [0.2, 0.25) is 0 Å².